The Hall–Kier alpha value is -3.32. The number of amides is 3. The van der Waals surface area contributed by atoms with E-state index in [0.717, 1.165) is 62.9 Å². The van der Waals surface area contributed by atoms with Crippen molar-refractivity contribution < 1.29 is 67.1 Å². The lowest BCUT2D eigenvalue weighted by Gasteiger charge is -2.24. The van der Waals surface area contributed by atoms with E-state index in [2.05, 4.69) is 16.0 Å². The maximum absolute atomic E-state index is 12.9. The van der Waals surface area contributed by atoms with E-state index in [9.17, 15) is 33.6 Å². The minimum atomic E-state index is -1.13. The summed E-state index contributed by atoms with van der Waals surface area (Å²) in [5.74, 6) is -1.52. The van der Waals surface area contributed by atoms with E-state index in [1.54, 1.807) is 41.5 Å². The Morgan fingerprint density at radius 1 is 0.516 bits per heavy atom. The molecule has 62 heavy (non-hydrogen) atoms. The van der Waals surface area contributed by atoms with E-state index >= 15 is 0 Å². The van der Waals surface area contributed by atoms with Crippen LogP contribution in [0, 0.1) is 0 Å². The number of Topliss-reactive ketones (excluding diaryl/α,β-unsaturated/α-hetero) is 1. The molecular formula is C44H79N3O14S. The number of hydrogen-bond donors (Lipinski definition) is 4. The summed E-state index contributed by atoms with van der Waals surface area (Å²) in [4.78, 5) is 83.6. The fourth-order valence-corrected chi connectivity index (χ4v) is 6.48. The van der Waals surface area contributed by atoms with Crippen LogP contribution in [0.25, 0.3) is 0 Å². The summed E-state index contributed by atoms with van der Waals surface area (Å²) < 4.78 is 31.8. The second-order valence-corrected chi connectivity index (χ2v) is 18.1. The predicted molar refractivity (Wildman–Crippen MR) is 237 cm³/mol. The van der Waals surface area contributed by atoms with Crippen molar-refractivity contribution in [3.8, 4) is 0 Å². The summed E-state index contributed by atoms with van der Waals surface area (Å²) in [6.45, 7) is 12.9. The number of carboxylic acid groups (broad SMARTS) is 1. The van der Waals surface area contributed by atoms with Gasteiger partial charge in [-0.05, 0) is 98.0 Å². The molecule has 0 bridgehead atoms. The summed E-state index contributed by atoms with van der Waals surface area (Å²) in [7, 11) is 0. The third-order valence-corrected chi connectivity index (χ3v) is 9.63. The summed E-state index contributed by atoms with van der Waals surface area (Å²) >= 11 is 1.95. The van der Waals surface area contributed by atoms with Crippen LogP contribution in [0.3, 0.4) is 0 Å². The zero-order valence-electron chi connectivity index (χ0n) is 38.5. The number of carboxylic acids is 1. The zero-order chi connectivity index (χ0) is 46.5. The Kier molecular flexibility index (Phi) is 35.1. The lowest BCUT2D eigenvalue weighted by Crippen LogP contribution is -2.44. The van der Waals surface area contributed by atoms with Gasteiger partial charge in [0.05, 0.1) is 26.4 Å². The van der Waals surface area contributed by atoms with Crippen molar-refractivity contribution in [2.24, 2.45) is 0 Å². The van der Waals surface area contributed by atoms with Crippen LogP contribution in [-0.4, -0.2) is 141 Å². The van der Waals surface area contributed by atoms with E-state index in [0.29, 0.717) is 84.8 Å². The first-order valence-corrected chi connectivity index (χ1v) is 23.5. The Labute approximate surface area is 374 Å². The molecule has 0 saturated carbocycles. The molecule has 0 aliphatic carbocycles. The minimum absolute atomic E-state index is 0.0523. The number of rotatable bonds is 40. The molecule has 3 amide bonds. The highest BCUT2D eigenvalue weighted by Crippen LogP contribution is 2.15. The maximum Gasteiger partial charge on any atom is 0.375 e. The van der Waals surface area contributed by atoms with Gasteiger partial charge in [0.25, 0.3) is 0 Å². The first-order chi connectivity index (χ1) is 29.4. The van der Waals surface area contributed by atoms with Crippen molar-refractivity contribution in [1.29, 1.82) is 0 Å². The monoisotopic (exact) mass is 906 g/mol. The molecule has 0 spiro atoms. The van der Waals surface area contributed by atoms with Crippen molar-refractivity contribution in [2.45, 2.75) is 162 Å². The molecule has 0 aliphatic heterocycles. The predicted octanol–water partition coefficient (Wildman–Crippen LogP) is 5.08. The van der Waals surface area contributed by atoms with Gasteiger partial charge in [-0.1, -0.05) is 38.5 Å². The third-order valence-electron chi connectivity index (χ3n) is 8.48. The fourth-order valence-electron chi connectivity index (χ4n) is 5.46. The van der Waals surface area contributed by atoms with Gasteiger partial charge in [0.15, 0.2) is 0 Å². The molecule has 0 aromatic carbocycles. The first-order valence-electron chi connectivity index (χ1n) is 22.3. The molecule has 17 nitrogen and oxygen atoms in total. The van der Waals surface area contributed by atoms with Crippen molar-refractivity contribution in [3.05, 3.63) is 0 Å². The lowest BCUT2D eigenvalue weighted by molar-refractivity contribution is -0.162. The van der Waals surface area contributed by atoms with Gasteiger partial charge in [-0.2, -0.15) is 11.8 Å². The summed E-state index contributed by atoms with van der Waals surface area (Å²) in [6.07, 6.45) is 11.7. The van der Waals surface area contributed by atoms with E-state index < -0.39 is 47.5 Å². The zero-order valence-corrected chi connectivity index (χ0v) is 39.4. The Morgan fingerprint density at radius 3 is 1.53 bits per heavy atom. The normalized spacial score (nSPS) is 12.0. The maximum atomic E-state index is 12.9. The highest BCUT2D eigenvalue weighted by atomic mass is 32.2. The third kappa shape index (κ3) is 40.7. The average molecular weight is 906 g/mol. The number of nitrogens with one attached hydrogen (secondary N) is 3. The topological polar surface area (TPSA) is 231 Å². The van der Waals surface area contributed by atoms with Crippen molar-refractivity contribution in [3.63, 3.8) is 0 Å². The lowest BCUT2D eigenvalue weighted by atomic mass is 10.1. The van der Waals surface area contributed by atoms with Crippen LogP contribution in [0.15, 0.2) is 0 Å². The average Bonchev–Trinajstić information content (AvgIpc) is 3.17. The Bertz CT molecular complexity index is 1270. The van der Waals surface area contributed by atoms with E-state index in [-0.39, 0.29) is 43.6 Å². The fraction of sp³-hybridized carbons (Fsp3) is 0.841. The van der Waals surface area contributed by atoms with Crippen molar-refractivity contribution >= 4 is 53.2 Å². The Balaban J connectivity index is 3.97. The van der Waals surface area contributed by atoms with Gasteiger partial charge in [-0.25, -0.2) is 14.4 Å². The second kappa shape index (κ2) is 37.1. The summed E-state index contributed by atoms with van der Waals surface area (Å²) in [5, 5.41) is 16.7. The van der Waals surface area contributed by atoms with Crippen LogP contribution in [-0.2, 0) is 62.0 Å². The molecular weight excluding hydrogens is 827 g/mol. The number of carbonyl (C=O) groups excluding carboxylic acids is 6. The van der Waals surface area contributed by atoms with Gasteiger partial charge in [0, 0.05) is 45.6 Å². The number of aliphatic carboxylic acids is 1. The number of ether oxygens (including phenoxy) is 6. The van der Waals surface area contributed by atoms with Crippen LogP contribution in [0.4, 0.5) is 0 Å². The summed E-state index contributed by atoms with van der Waals surface area (Å²) in [6, 6.07) is -0.919. The van der Waals surface area contributed by atoms with Crippen LogP contribution < -0.4 is 16.0 Å². The molecule has 0 aliphatic rings. The molecule has 18 heteroatoms. The van der Waals surface area contributed by atoms with Gasteiger partial charge in [-0.3, -0.25) is 19.2 Å². The number of thioether (sulfide) groups is 1. The molecule has 0 aromatic heterocycles. The second-order valence-electron chi connectivity index (χ2n) is 16.9. The number of unbranched alkanes of at least 4 members (excludes halogenated alkanes) is 8. The van der Waals surface area contributed by atoms with Crippen LogP contribution in [0.2, 0.25) is 0 Å². The molecule has 0 aromatic rings. The smallest absolute Gasteiger partial charge is 0.375 e. The van der Waals surface area contributed by atoms with Crippen LogP contribution >= 0.6 is 11.8 Å². The number of ketones is 1. The highest BCUT2D eigenvalue weighted by molar-refractivity contribution is 7.99. The number of carbonyl (C=O) groups is 7. The van der Waals surface area contributed by atoms with Gasteiger partial charge >= 0.3 is 17.9 Å². The molecule has 0 radical (unpaired) electrons. The molecule has 0 fully saturated rings. The van der Waals surface area contributed by atoms with Gasteiger partial charge in [0.2, 0.25) is 23.5 Å². The molecule has 4 N–H and O–H groups in total. The molecule has 1 unspecified atom stereocenters. The van der Waals surface area contributed by atoms with Crippen LogP contribution in [0.5, 0.6) is 0 Å². The minimum Gasteiger partial charge on any atom is -0.480 e. The van der Waals surface area contributed by atoms with Gasteiger partial charge < -0.3 is 49.5 Å². The van der Waals surface area contributed by atoms with Gasteiger partial charge in [0.1, 0.15) is 30.5 Å². The Morgan fingerprint density at radius 2 is 1.00 bits per heavy atom. The first kappa shape index (κ1) is 58.7. The van der Waals surface area contributed by atoms with Gasteiger partial charge in [-0.15, -0.1) is 0 Å². The van der Waals surface area contributed by atoms with E-state index in [1.165, 1.54) is 0 Å². The molecule has 0 rings (SSSR count). The highest BCUT2D eigenvalue weighted by Gasteiger charge is 2.27. The largest absolute Gasteiger partial charge is 0.480 e. The molecule has 0 heterocycles. The van der Waals surface area contributed by atoms with Crippen molar-refractivity contribution in [2.75, 3.05) is 77.5 Å². The quantitative estimate of drug-likeness (QED) is 0.0357. The molecule has 360 valence electrons. The van der Waals surface area contributed by atoms with E-state index in [1.807, 2.05) is 11.8 Å². The summed E-state index contributed by atoms with van der Waals surface area (Å²) in [5.41, 5.74) is -1.38. The van der Waals surface area contributed by atoms with E-state index in [4.69, 9.17) is 33.5 Å². The number of esters is 2. The standard InChI is InChI=1S/C44H79N3O14S/c1-43(2,3)60-41(54)35(21-22-37(49)45-23-17-25-56-27-29-58-30-28-57-26-18-24-46-39(51)33-59-34-40(52)53)47-38(50)20-14-10-8-12-16-32-62-31-15-11-7-9-13-19-36(48)42(55)61-44(4,5)6/h35H,7-34H2,1-6H3,(H,45,49)(H,46,51)(H,47,50)(H,52,53). The van der Waals surface area contributed by atoms with Crippen LogP contribution in [0.1, 0.15) is 144 Å². The number of hydrogen-bond acceptors (Lipinski definition) is 14. The molecule has 1 atom stereocenters. The SMILES string of the molecule is CC(C)(C)OC(=O)C(=O)CCCCCCCSCCCCCCCC(=O)NC(CCC(=O)NCCCOCCOCCOCCCNC(=O)COCC(=O)O)C(=O)OC(C)(C)C. The molecule has 0 saturated heterocycles. The van der Waals surface area contributed by atoms with Crippen molar-refractivity contribution in [1.82, 2.24) is 16.0 Å².